The zero-order chi connectivity index (χ0) is 22.5. The molecule has 1 aromatic rings. The average molecular weight is 481 g/mol. The molecule has 1 unspecified atom stereocenters. The fraction of sp³-hybridized carbons (Fsp3) is 0.591. The molecule has 169 valence electrons. The molecule has 0 saturated heterocycles. The number of nitrogens with one attached hydrogen (secondary N) is 1. The van der Waals surface area contributed by atoms with Crippen LogP contribution in [0.2, 0.25) is 10.0 Å². The van der Waals surface area contributed by atoms with Gasteiger partial charge in [-0.1, -0.05) is 62.7 Å². The van der Waals surface area contributed by atoms with Crippen molar-refractivity contribution in [2.24, 2.45) is 0 Å². The summed E-state index contributed by atoms with van der Waals surface area (Å²) < 4.78 is 0. The number of unbranched alkanes of at least 4 members (excludes halogenated alkanes) is 4. The maximum absolute atomic E-state index is 13.2. The number of aliphatic carboxylic acids is 1. The predicted molar refractivity (Wildman–Crippen MR) is 123 cm³/mol. The second kappa shape index (κ2) is 16.8. The standard InChI is InChI=1S/C22H32Cl2N2O4.Na/c1-3-5-7-13-26(14-8-6-4-2)22(30)19(11-12-20(27)28)25-21(29)16-9-10-17(23)18(24)15-16;/h9-10,15,19H,3-8,11-14H2,1-2H3,(H,25,29)(H,27,28);/p-1. The fourth-order valence-electron chi connectivity index (χ4n) is 3.06. The summed E-state index contributed by atoms with van der Waals surface area (Å²) in [5, 5.41) is 14.2. The molecule has 1 N–H and O–H groups in total. The molecule has 0 aliphatic rings. The van der Waals surface area contributed by atoms with Crippen LogP contribution in [0.15, 0.2) is 18.2 Å². The van der Waals surface area contributed by atoms with Gasteiger partial charge in [-0.15, -0.1) is 0 Å². The van der Waals surface area contributed by atoms with E-state index in [9.17, 15) is 19.5 Å². The summed E-state index contributed by atoms with van der Waals surface area (Å²) in [5.74, 6) is -2.04. The minimum atomic E-state index is -1.26. The average Bonchev–Trinajstić information content (AvgIpc) is 2.71. The van der Waals surface area contributed by atoms with Gasteiger partial charge in [-0.05, 0) is 43.9 Å². The van der Waals surface area contributed by atoms with E-state index in [1.54, 1.807) is 4.90 Å². The van der Waals surface area contributed by atoms with Crippen LogP contribution in [0.1, 0.15) is 75.6 Å². The molecule has 0 aliphatic heterocycles. The van der Waals surface area contributed by atoms with Crippen LogP contribution < -0.4 is 10.4 Å². The van der Waals surface area contributed by atoms with Crippen molar-refractivity contribution in [2.45, 2.75) is 71.3 Å². The summed E-state index contributed by atoms with van der Waals surface area (Å²) in [6.45, 7) is 5.34. The molecule has 9 heteroatoms. The van der Waals surface area contributed by atoms with E-state index in [2.05, 4.69) is 19.2 Å². The summed E-state index contributed by atoms with van der Waals surface area (Å²) in [4.78, 5) is 38.6. The normalized spacial score (nSPS) is 11.4. The first-order valence-corrected chi connectivity index (χ1v) is 11.3. The van der Waals surface area contributed by atoms with Gasteiger partial charge in [-0.2, -0.15) is 0 Å². The molecule has 1 atom stereocenters. The third kappa shape index (κ3) is 11.6. The van der Waals surface area contributed by atoms with Gasteiger partial charge in [-0.3, -0.25) is 9.59 Å². The Morgan fingerprint density at radius 3 is 2.06 bits per heavy atom. The van der Waals surface area contributed by atoms with Gasteiger partial charge < -0.3 is 20.1 Å². The fourth-order valence-corrected chi connectivity index (χ4v) is 3.35. The Balaban J connectivity index is 0.00000900. The van der Waals surface area contributed by atoms with Crippen LogP contribution in [0.5, 0.6) is 0 Å². The van der Waals surface area contributed by atoms with Gasteiger partial charge in [0.2, 0.25) is 5.91 Å². The summed E-state index contributed by atoms with van der Waals surface area (Å²) in [5.41, 5.74) is 0.249. The van der Waals surface area contributed by atoms with Crippen molar-refractivity contribution in [1.29, 1.82) is 0 Å². The van der Waals surface area contributed by atoms with Crippen molar-refractivity contribution in [2.75, 3.05) is 13.1 Å². The van der Waals surface area contributed by atoms with Crippen LogP contribution >= 0.6 is 23.2 Å². The topological polar surface area (TPSA) is 89.5 Å². The molecule has 0 aliphatic carbocycles. The first kappa shape index (κ1) is 30.2. The first-order valence-electron chi connectivity index (χ1n) is 10.5. The maximum atomic E-state index is 13.2. The third-order valence-electron chi connectivity index (χ3n) is 4.80. The smallest absolute Gasteiger partial charge is 0.251 e. The number of nitrogens with zero attached hydrogens (tertiary/aromatic N) is 1. The van der Waals surface area contributed by atoms with Crippen LogP contribution in [0.3, 0.4) is 0 Å². The number of hydrogen-bond acceptors (Lipinski definition) is 4. The summed E-state index contributed by atoms with van der Waals surface area (Å²) in [6, 6.07) is 3.47. The number of carbonyl (C=O) groups is 3. The number of halogens is 2. The van der Waals surface area contributed by atoms with E-state index in [0.29, 0.717) is 18.1 Å². The Morgan fingerprint density at radius 1 is 1.00 bits per heavy atom. The van der Waals surface area contributed by atoms with E-state index in [4.69, 9.17) is 23.2 Å². The Bertz CT molecular complexity index is 709. The monoisotopic (exact) mass is 480 g/mol. The van der Waals surface area contributed by atoms with Gasteiger partial charge in [0.25, 0.3) is 5.91 Å². The zero-order valence-electron chi connectivity index (χ0n) is 18.7. The molecule has 31 heavy (non-hydrogen) atoms. The van der Waals surface area contributed by atoms with Gasteiger partial charge in [0.05, 0.1) is 10.0 Å². The molecule has 1 aromatic carbocycles. The second-order valence-electron chi connectivity index (χ2n) is 7.31. The van der Waals surface area contributed by atoms with Crippen molar-refractivity contribution < 1.29 is 19.5 Å². The molecule has 6 nitrogen and oxygen atoms in total. The van der Waals surface area contributed by atoms with Crippen molar-refractivity contribution in [3.63, 3.8) is 0 Å². The van der Waals surface area contributed by atoms with E-state index in [1.807, 2.05) is 0 Å². The molecule has 0 saturated carbocycles. The summed E-state index contributed by atoms with van der Waals surface area (Å²) in [6.07, 6.45) is 5.42. The Labute approximate surface area is 217 Å². The largest absolute Gasteiger partial charge is 0.550 e. The predicted octanol–water partition coefficient (Wildman–Crippen LogP) is 3.45. The number of carbonyl (C=O) groups excluding carboxylic acids is 3. The SMILES string of the molecule is CCCCCN(CCCCC)C(=O)C(CCC(=O)[O-])NC(=O)c1ccc(Cl)c(Cl)c1.[Na]. The minimum absolute atomic E-state index is 0. The minimum Gasteiger partial charge on any atom is -0.550 e. The number of amides is 2. The number of carboxylic acids is 1. The molecule has 0 fully saturated rings. The molecule has 0 aromatic heterocycles. The van der Waals surface area contributed by atoms with Crippen LogP contribution in [-0.4, -0.2) is 71.4 Å². The van der Waals surface area contributed by atoms with Gasteiger partial charge in [0.1, 0.15) is 6.04 Å². The molecular formula is C22H31Cl2N2NaO4-. The molecule has 1 radical (unpaired) electrons. The number of rotatable bonds is 14. The third-order valence-corrected chi connectivity index (χ3v) is 5.54. The molecular weight excluding hydrogens is 450 g/mol. The van der Waals surface area contributed by atoms with Crippen LogP contribution in [-0.2, 0) is 9.59 Å². The second-order valence-corrected chi connectivity index (χ2v) is 8.12. The van der Waals surface area contributed by atoms with E-state index < -0.39 is 17.9 Å². The number of carboxylic acid groups (broad SMARTS) is 1. The summed E-state index contributed by atoms with van der Waals surface area (Å²) in [7, 11) is 0. The van der Waals surface area contributed by atoms with Crippen molar-refractivity contribution in [1.82, 2.24) is 10.2 Å². The molecule has 0 spiro atoms. The number of benzene rings is 1. The molecule has 2 amide bonds. The Hall–Kier alpha value is -0.790. The van der Waals surface area contributed by atoms with Crippen molar-refractivity contribution in [3.8, 4) is 0 Å². The molecule has 1 rings (SSSR count). The van der Waals surface area contributed by atoms with Gasteiger partial charge in [-0.25, -0.2) is 0 Å². The van der Waals surface area contributed by atoms with Crippen molar-refractivity contribution in [3.05, 3.63) is 33.8 Å². The van der Waals surface area contributed by atoms with Crippen LogP contribution in [0.25, 0.3) is 0 Å². The number of hydrogen-bond donors (Lipinski definition) is 1. The van der Waals surface area contributed by atoms with E-state index in [-0.39, 0.29) is 58.9 Å². The summed E-state index contributed by atoms with van der Waals surface area (Å²) >= 11 is 11.9. The molecule has 0 heterocycles. The van der Waals surface area contributed by atoms with Crippen LogP contribution in [0, 0.1) is 0 Å². The zero-order valence-corrected chi connectivity index (χ0v) is 22.2. The van der Waals surface area contributed by atoms with Gasteiger partial charge >= 0.3 is 0 Å². The quantitative estimate of drug-likeness (QED) is 0.326. The van der Waals surface area contributed by atoms with Crippen LogP contribution in [0.4, 0.5) is 0 Å². The molecule has 0 bridgehead atoms. The van der Waals surface area contributed by atoms with E-state index >= 15 is 0 Å². The van der Waals surface area contributed by atoms with E-state index in [0.717, 1.165) is 38.5 Å². The Kier molecular flexibility index (Phi) is 16.4. The first-order chi connectivity index (χ1) is 14.3. The van der Waals surface area contributed by atoms with Gasteiger partial charge in [0.15, 0.2) is 0 Å². The van der Waals surface area contributed by atoms with Crippen molar-refractivity contribution >= 4 is 70.5 Å². The van der Waals surface area contributed by atoms with E-state index in [1.165, 1.54) is 18.2 Å². The Morgan fingerprint density at radius 2 is 1.58 bits per heavy atom. The maximum Gasteiger partial charge on any atom is 0.251 e. The van der Waals surface area contributed by atoms with Gasteiger partial charge in [0, 0.05) is 54.2 Å².